The molecule has 282 valence electrons. The third kappa shape index (κ3) is 16.1. The maximum absolute atomic E-state index is 12.8. The van der Waals surface area contributed by atoms with Crippen molar-refractivity contribution in [2.24, 2.45) is 0 Å². The lowest BCUT2D eigenvalue weighted by molar-refractivity contribution is -0.115. The van der Waals surface area contributed by atoms with Crippen LogP contribution in [0.5, 0.6) is 5.75 Å². The minimum atomic E-state index is -0.571. The number of nitrogens with one attached hydrogen (secondary N) is 1. The van der Waals surface area contributed by atoms with Gasteiger partial charge in [0, 0.05) is 21.0 Å². The molecular formula is C43H57NO7S. The first kappa shape index (κ1) is 42.3. The van der Waals surface area contributed by atoms with E-state index in [-0.39, 0.29) is 17.8 Å². The lowest BCUT2D eigenvalue weighted by atomic mass is 10.0. The van der Waals surface area contributed by atoms with Crippen LogP contribution in [0.2, 0.25) is 0 Å². The fraction of sp³-hybridized carbons (Fsp3) is 0.488. The fourth-order valence-corrected chi connectivity index (χ4v) is 6.81. The van der Waals surface area contributed by atoms with E-state index in [1.165, 1.54) is 122 Å². The molecule has 0 heterocycles. The van der Waals surface area contributed by atoms with E-state index in [9.17, 15) is 19.2 Å². The summed E-state index contributed by atoms with van der Waals surface area (Å²) in [6, 6.07) is 18.5. The summed E-state index contributed by atoms with van der Waals surface area (Å²) in [5.74, 6) is -1.12. The molecule has 0 saturated carbocycles. The molecule has 0 fully saturated rings. The number of ether oxygens (including phenoxy) is 3. The van der Waals surface area contributed by atoms with Gasteiger partial charge in [-0.15, -0.1) is 0 Å². The molecule has 0 saturated heterocycles. The normalized spacial score (nSPS) is 10.8. The van der Waals surface area contributed by atoms with Crippen molar-refractivity contribution >= 4 is 41.1 Å². The van der Waals surface area contributed by atoms with Gasteiger partial charge in [0.05, 0.1) is 38.4 Å². The Labute approximate surface area is 314 Å². The number of rotatable bonds is 26. The lowest BCUT2D eigenvalue weighted by Crippen LogP contribution is -2.17. The fourth-order valence-electron chi connectivity index (χ4n) is 5.90. The number of carbonyl (C=O) groups is 4. The van der Waals surface area contributed by atoms with Crippen molar-refractivity contribution in [1.29, 1.82) is 0 Å². The molecule has 3 rings (SSSR count). The Morgan fingerprint density at radius 2 is 1.12 bits per heavy atom. The minimum absolute atomic E-state index is 0.254. The summed E-state index contributed by atoms with van der Waals surface area (Å²) in [4.78, 5) is 51.3. The van der Waals surface area contributed by atoms with Gasteiger partial charge in [-0.2, -0.15) is 0 Å². The van der Waals surface area contributed by atoms with Crippen molar-refractivity contribution in [3.8, 4) is 5.75 Å². The van der Waals surface area contributed by atoms with Crippen molar-refractivity contribution in [1.82, 2.24) is 0 Å². The molecule has 3 aromatic rings. The van der Waals surface area contributed by atoms with Crippen molar-refractivity contribution in [2.75, 3.05) is 26.1 Å². The van der Waals surface area contributed by atoms with Crippen molar-refractivity contribution in [3.05, 3.63) is 83.4 Å². The first-order chi connectivity index (χ1) is 25.3. The van der Waals surface area contributed by atoms with Crippen LogP contribution in [0.3, 0.4) is 0 Å². The van der Waals surface area contributed by atoms with Crippen molar-refractivity contribution in [3.63, 3.8) is 0 Å². The van der Waals surface area contributed by atoms with Crippen LogP contribution in [0.25, 0.3) is 0 Å². The Hall–Kier alpha value is -4.11. The van der Waals surface area contributed by atoms with Gasteiger partial charge in [-0.3, -0.25) is 9.59 Å². The molecule has 1 N–H and O–H groups in total. The monoisotopic (exact) mass is 731 g/mol. The highest BCUT2D eigenvalue weighted by molar-refractivity contribution is 7.99. The highest BCUT2D eigenvalue weighted by atomic mass is 32.2. The summed E-state index contributed by atoms with van der Waals surface area (Å²) in [7, 11) is 2.60. The van der Waals surface area contributed by atoms with Crippen LogP contribution in [-0.2, 0) is 14.3 Å². The maximum Gasteiger partial charge on any atom is 0.339 e. The number of ketones is 1. The second kappa shape index (κ2) is 25.0. The van der Waals surface area contributed by atoms with E-state index in [0.29, 0.717) is 34.1 Å². The molecule has 3 aromatic carbocycles. The van der Waals surface area contributed by atoms with E-state index >= 15 is 0 Å². The quantitative estimate of drug-likeness (QED) is 0.0376. The van der Waals surface area contributed by atoms with Crippen LogP contribution in [-0.4, -0.2) is 44.5 Å². The van der Waals surface area contributed by atoms with E-state index in [1.54, 1.807) is 60.7 Å². The van der Waals surface area contributed by atoms with Crippen LogP contribution in [0, 0.1) is 0 Å². The van der Waals surface area contributed by atoms with Gasteiger partial charge in [-0.1, -0.05) is 115 Å². The highest BCUT2D eigenvalue weighted by Crippen LogP contribution is 2.33. The Kier molecular flexibility index (Phi) is 20.3. The Balaban J connectivity index is 1.32. The zero-order chi connectivity index (χ0) is 37.4. The van der Waals surface area contributed by atoms with E-state index in [2.05, 4.69) is 12.2 Å². The number of Topliss-reactive ketones (excluding diaryl/α,β-unsaturated/α-hetero) is 1. The maximum atomic E-state index is 12.8. The lowest BCUT2D eigenvalue weighted by Gasteiger charge is -2.12. The first-order valence-corrected chi connectivity index (χ1v) is 19.8. The largest absolute Gasteiger partial charge is 0.494 e. The van der Waals surface area contributed by atoms with Crippen molar-refractivity contribution < 1.29 is 33.4 Å². The van der Waals surface area contributed by atoms with Crippen LogP contribution < -0.4 is 10.1 Å². The number of anilines is 1. The van der Waals surface area contributed by atoms with Gasteiger partial charge in [-0.25, -0.2) is 9.59 Å². The van der Waals surface area contributed by atoms with Gasteiger partial charge in [0.2, 0.25) is 5.91 Å². The standard InChI is InChI=1S/C43H57NO7S/c1-4-5-6-7-8-9-10-11-12-13-14-15-16-17-18-19-30-51-36-25-20-33(21-26-36)39(45)32-41(46)44-35-24-29-40(38(31-35)43(48)50-3)52-37-27-22-34(23-28-37)42(47)49-2/h20-29,31H,4-19,30,32H2,1-3H3,(H,44,46). The van der Waals surface area contributed by atoms with Gasteiger partial charge in [0.1, 0.15) is 5.75 Å². The molecule has 8 nitrogen and oxygen atoms in total. The second-order valence-electron chi connectivity index (χ2n) is 13.1. The number of hydrogen-bond acceptors (Lipinski definition) is 8. The average molecular weight is 732 g/mol. The number of unbranched alkanes of at least 4 members (excludes halogenated alkanes) is 15. The van der Waals surface area contributed by atoms with Gasteiger partial charge in [0.15, 0.2) is 5.78 Å². The summed E-state index contributed by atoms with van der Waals surface area (Å²) in [5.41, 5.74) is 1.45. The topological polar surface area (TPSA) is 108 Å². The van der Waals surface area contributed by atoms with Gasteiger partial charge >= 0.3 is 11.9 Å². The summed E-state index contributed by atoms with van der Waals surface area (Å²) in [6.45, 7) is 2.91. The number of benzene rings is 3. The minimum Gasteiger partial charge on any atom is -0.494 e. The molecule has 0 atom stereocenters. The van der Waals surface area contributed by atoms with E-state index in [0.717, 1.165) is 17.7 Å². The number of hydrogen-bond donors (Lipinski definition) is 1. The van der Waals surface area contributed by atoms with E-state index in [4.69, 9.17) is 14.2 Å². The van der Waals surface area contributed by atoms with Crippen LogP contribution in [0.15, 0.2) is 76.5 Å². The summed E-state index contributed by atoms with van der Waals surface area (Å²) in [6.07, 6.45) is 20.9. The molecule has 9 heteroatoms. The third-order valence-corrected chi connectivity index (χ3v) is 10.0. The molecule has 0 bridgehead atoms. The molecule has 0 radical (unpaired) electrons. The molecule has 0 unspecified atom stereocenters. The predicted molar refractivity (Wildman–Crippen MR) is 209 cm³/mol. The van der Waals surface area contributed by atoms with Crippen LogP contribution >= 0.6 is 11.8 Å². The summed E-state index contributed by atoms with van der Waals surface area (Å²) < 4.78 is 15.6. The zero-order valence-corrected chi connectivity index (χ0v) is 32.2. The molecule has 0 aliphatic rings. The van der Waals surface area contributed by atoms with Gasteiger partial charge < -0.3 is 19.5 Å². The first-order valence-electron chi connectivity index (χ1n) is 19.0. The average Bonchev–Trinajstić information content (AvgIpc) is 3.16. The summed E-state index contributed by atoms with van der Waals surface area (Å²) in [5, 5.41) is 2.71. The SMILES string of the molecule is CCCCCCCCCCCCCCCCCCOc1ccc(C(=O)CC(=O)Nc2ccc(Sc3ccc(C(=O)OC)cc3)c(C(=O)OC)c2)cc1. The third-order valence-electron chi connectivity index (χ3n) is 8.94. The molecular weight excluding hydrogens is 675 g/mol. The number of methoxy groups -OCH3 is 2. The molecule has 52 heavy (non-hydrogen) atoms. The smallest absolute Gasteiger partial charge is 0.339 e. The van der Waals surface area contributed by atoms with E-state index in [1.807, 2.05) is 0 Å². The van der Waals surface area contributed by atoms with Crippen molar-refractivity contribution in [2.45, 2.75) is 126 Å². The molecule has 0 aliphatic heterocycles. The Bertz CT molecular complexity index is 1520. The number of esters is 2. The number of carbonyl (C=O) groups excluding carboxylic acids is 4. The van der Waals surface area contributed by atoms with E-state index < -0.39 is 17.8 Å². The Morgan fingerprint density at radius 3 is 1.65 bits per heavy atom. The Morgan fingerprint density at radius 1 is 0.596 bits per heavy atom. The van der Waals surface area contributed by atoms with Gasteiger partial charge in [-0.05, 0) is 73.2 Å². The molecule has 0 aliphatic carbocycles. The highest BCUT2D eigenvalue weighted by Gasteiger charge is 2.17. The summed E-state index contributed by atoms with van der Waals surface area (Å²) >= 11 is 1.31. The van der Waals surface area contributed by atoms with Crippen LogP contribution in [0.1, 0.15) is 147 Å². The predicted octanol–water partition coefficient (Wildman–Crippen LogP) is 11.3. The number of amides is 1. The molecule has 0 aromatic heterocycles. The molecule has 1 amide bonds. The zero-order valence-electron chi connectivity index (χ0n) is 31.3. The van der Waals surface area contributed by atoms with Gasteiger partial charge in [0.25, 0.3) is 0 Å². The van der Waals surface area contributed by atoms with Crippen LogP contribution in [0.4, 0.5) is 5.69 Å². The molecule has 0 spiro atoms. The second-order valence-corrected chi connectivity index (χ2v) is 14.3.